The first-order chi connectivity index (χ1) is 5.64. The molecule has 0 atom stereocenters. The van der Waals surface area contributed by atoms with Gasteiger partial charge in [0.1, 0.15) is 0 Å². The summed E-state index contributed by atoms with van der Waals surface area (Å²) in [5, 5.41) is 0. The van der Waals surface area contributed by atoms with Gasteiger partial charge in [-0.15, -0.1) is 0 Å². The van der Waals surface area contributed by atoms with Crippen LogP contribution in [-0.2, 0) is 4.74 Å². The Hall–Kier alpha value is -0.300. The van der Waals surface area contributed by atoms with E-state index in [1.165, 1.54) is 6.42 Å². The van der Waals surface area contributed by atoms with Gasteiger partial charge in [-0.25, -0.2) is 0 Å². The predicted octanol–water partition coefficient (Wildman–Crippen LogP) is 3.16. The summed E-state index contributed by atoms with van der Waals surface area (Å²) < 4.78 is 5.31. The van der Waals surface area contributed by atoms with Gasteiger partial charge in [0.05, 0.1) is 13.2 Å². The molecule has 0 unspecified atom stereocenters. The fourth-order valence-electron chi connectivity index (χ4n) is 1.43. The Kier molecular flexibility index (Phi) is 3.33. The molecule has 0 spiro atoms. The Morgan fingerprint density at radius 1 is 1.33 bits per heavy atom. The second-order valence-electron chi connectivity index (χ2n) is 4.26. The number of rotatable bonds is 2. The molecule has 1 heterocycles. The molecule has 0 bridgehead atoms. The Labute approximate surface area is 75.8 Å². The lowest BCUT2D eigenvalue weighted by atomic mass is 9.86. The highest BCUT2D eigenvalue weighted by Gasteiger charge is 2.14. The average Bonchev–Trinajstić information content (AvgIpc) is 2.06. The molecule has 70 valence electrons. The van der Waals surface area contributed by atoms with Crippen LogP contribution in [0, 0.1) is 5.41 Å². The van der Waals surface area contributed by atoms with Gasteiger partial charge in [-0.2, -0.15) is 0 Å². The number of allylic oxidation sites excluding steroid dienone is 1. The highest BCUT2D eigenvalue weighted by atomic mass is 16.5. The first-order valence-electron chi connectivity index (χ1n) is 4.92. The van der Waals surface area contributed by atoms with Crippen LogP contribution in [0.2, 0.25) is 0 Å². The lowest BCUT2D eigenvalue weighted by Gasteiger charge is -2.22. The summed E-state index contributed by atoms with van der Waals surface area (Å²) in [5.74, 6) is 0. The highest BCUT2D eigenvalue weighted by molar-refractivity contribution is 5.09. The third kappa shape index (κ3) is 2.98. The van der Waals surface area contributed by atoms with Gasteiger partial charge >= 0.3 is 0 Å². The van der Waals surface area contributed by atoms with Crippen molar-refractivity contribution in [2.75, 3.05) is 13.2 Å². The summed E-state index contributed by atoms with van der Waals surface area (Å²) in [6, 6.07) is 0. The van der Waals surface area contributed by atoms with Crippen molar-refractivity contribution in [2.24, 2.45) is 5.41 Å². The van der Waals surface area contributed by atoms with E-state index < -0.39 is 0 Å². The zero-order chi connectivity index (χ0) is 9.03. The van der Waals surface area contributed by atoms with Crippen molar-refractivity contribution in [1.82, 2.24) is 0 Å². The summed E-state index contributed by atoms with van der Waals surface area (Å²) in [5.41, 5.74) is 1.97. The van der Waals surface area contributed by atoms with Crippen LogP contribution >= 0.6 is 0 Å². The lowest BCUT2D eigenvalue weighted by Crippen LogP contribution is -2.12. The molecule has 0 aromatic heterocycles. The molecule has 1 nitrogen and oxygen atoms in total. The van der Waals surface area contributed by atoms with Crippen molar-refractivity contribution in [1.29, 1.82) is 0 Å². The Bertz CT molecular complexity index is 160. The normalized spacial score (nSPS) is 19.4. The van der Waals surface area contributed by atoms with E-state index in [4.69, 9.17) is 4.74 Å². The minimum atomic E-state index is 0.382. The van der Waals surface area contributed by atoms with E-state index in [0.29, 0.717) is 5.41 Å². The monoisotopic (exact) mass is 168 g/mol. The molecule has 12 heavy (non-hydrogen) atoms. The van der Waals surface area contributed by atoms with E-state index >= 15 is 0 Å². The van der Waals surface area contributed by atoms with Gasteiger partial charge in [-0.3, -0.25) is 0 Å². The van der Waals surface area contributed by atoms with Crippen molar-refractivity contribution in [3.05, 3.63) is 11.6 Å². The van der Waals surface area contributed by atoms with E-state index in [1.54, 1.807) is 5.57 Å². The minimum absolute atomic E-state index is 0.382. The van der Waals surface area contributed by atoms with E-state index in [0.717, 1.165) is 26.1 Å². The summed E-state index contributed by atoms with van der Waals surface area (Å²) in [7, 11) is 0. The molecule has 1 aliphatic heterocycles. The fourth-order valence-corrected chi connectivity index (χ4v) is 1.43. The van der Waals surface area contributed by atoms with Crippen molar-refractivity contribution < 1.29 is 4.74 Å². The van der Waals surface area contributed by atoms with E-state index in [9.17, 15) is 0 Å². The van der Waals surface area contributed by atoms with Crippen LogP contribution in [0.25, 0.3) is 0 Å². The van der Waals surface area contributed by atoms with Crippen LogP contribution in [0.1, 0.15) is 40.0 Å². The molecule has 0 radical (unpaired) electrons. The molecular formula is C11H20O. The van der Waals surface area contributed by atoms with Crippen molar-refractivity contribution in [2.45, 2.75) is 40.0 Å². The molecule has 0 N–H and O–H groups in total. The largest absolute Gasteiger partial charge is 0.381 e. The second-order valence-corrected chi connectivity index (χ2v) is 4.26. The molecular weight excluding hydrogens is 148 g/mol. The molecule has 1 heteroatoms. The molecule has 0 aliphatic carbocycles. The van der Waals surface area contributed by atoms with Crippen LogP contribution in [0.4, 0.5) is 0 Å². The third-order valence-electron chi connectivity index (χ3n) is 2.64. The van der Waals surface area contributed by atoms with Crippen LogP contribution in [0.15, 0.2) is 11.6 Å². The second kappa shape index (κ2) is 4.08. The molecule has 1 aliphatic rings. The van der Waals surface area contributed by atoms with Crippen LogP contribution in [0.5, 0.6) is 0 Å². The first kappa shape index (κ1) is 9.79. The Balaban J connectivity index is 2.53. The number of hydrogen-bond donors (Lipinski definition) is 0. The number of ether oxygens (including phenoxy) is 1. The predicted molar refractivity (Wildman–Crippen MR) is 52.2 cm³/mol. The van der Waals surface area contributed by atoms with E-state index in [1.807, 2.05) is 0 Å². The summed E-state index contributed by atoms with van der Waals surface area (Å²) in [6.45, 7) is 8.69. The van der Waals surface area contributed by atoms with Crippen molar-refractivity contribution in [3.8, 4) is 0 Å². The minimum Gasteiger partial charge on any atom is -0.381 e. The van der Waals surface area contributed by atoms with E-state index in [-0.39, 0.29) is 0 Å². The van der Waals surface area contributed by atoms with Gasteiger partial charge in [-0.1, -0.05) is 32.4 Å². The zero-order valence-electron chi connectivity index (χ0n) is 8.52. The van der Waals surface area contributed by atoms with Gasteiger partial charge < -0.3 is 4.74 Å². The third-order valence-corrected chi connectivity index (χ3v) is 2.64. The smallest absolute Gasteiger partial charge is 0.0503 e. The quantitative estimate of drug-likeness (QED) is 0.575. The molecule has 0 saturated carbocycles. The first-order valence-corrected chi connectivity index (χ1v) is 4.92. The molecule has 0 aromatic carbocycles. The maximum atomic E-state index is 5.31. The molecule has 1 saturated heterocycles. The van der Waals surface area contributed by atoms with Crippen molar-refractivity contribution in [3.63, 3.8) is 0 Å². The average molecular weight is 168 g/mol. The van der Waals surface area contributed by atoms with Gasteiger partial charge in [0.25, 0.3) is 0 Å². The highest BCUT2D eigenvalue weighted by Crippen LogP contribution is 2.26. The Morgan fingerprint density at radius 2 is 1.92 bits per heavy atom. The van der Waals surface area contributed by atoms with Gasteiger partial charge in [0.15, 0.2) is 0 Å². The standard InChI is InChI=1S/C11H20O/c1-4-11(2,3)9-10-5-7-12-8-6-10/h9H,4-8H2,1-3H3. The maximum absolute atomic E-state index is 5.31. The van der Waals surface area contributed by atoms with Gasteiger partial charge in [-0.05, 0) is 24.7 Å². The molecule has 0 aromatic rings. The zero-order valence-corrected chi connectivity index (χ0v) is 8.52. The number of hydrogen-bond acceptors (Lipinski definition) is 1. The van der Waals surface area contributed by atoms with Crippen LogP contribution in [0.3, 0.4) is 0 Å². The van der Waals surface area contributed by atoms with Gasteiger partial charge in [0, 0.05) is 0 Å². The summed E-state index contributed by atoms with van der Waals surface area (Å²) >= 11 is 0. The fraction of sp³-hybridized carbons (Fsp3) is 0.818. The molecule has 0 amide bonds. The SMILES string of the molecule is CCC(C)(C)C=C1CCOCC1. The van der Waals surface area contributed by atoms with Crippen LogP contribution < -0.4 is 0 Å². The lowest BCUT2D eigenvalue weighted by molar-refractivity contribution is 0.118. The molecule has 1 rings (SSSR count). The van der Waals surface area contributed by atoms with Crippen LogP contribution in [-0.4, -0.2) is 13.2 Å². The Morgan fingerprint density at radius 3 is 2.42 bits per heavy atom. The van der Waals surface area contributed by atoms with Gasteiger partial charge in [0.2, 0.25) is 0 Å². The topological polar surface area (TPSA) is 9.23 Å². The van der Waals surface area contributed by atoms with E-state index in [2.05, 4.69) is 26.8 Å². The maximum Gasteiger partial charge on any atom is 0.0503 e. The molecule has 1 fully saturated rings. The summed E-state index contributed by atoms with van der Waals surface area (Å²) in [6.07, 6.45) is 5.94. The summed E-state index contributed by atoms with van der Waals surface area (Å²) in [4.78, 5) is 0. The van der Waals surface area contributed by atoms with Crippen molar-refractivity contribution >= 4 is 0 Å².